The van der Waals surface area contributed by atoms with Crippen molar-refractivity contribution in [3.63, 3.8) is 0 Å². The van der Waals surface area contributed by atoms with E-state index in [1.807, 2.05) is 25.1 Å². The summed E-state index contributed by atoms with van der Waals surface area (Å²) < 4.78 is 11.4. The van der Waals surface area contributed by atoms with Crippen molar-refractivity contribution < 1.29 is 9.15 Å². The molecule has 0 radical (unpaired) electrons. The molecule has 1 unspecified atom stereocenters. The van der Waals surface area contributed by atoms with Crippen LogP contribution in [0.5, 0.6) is 0 Å². The molecule has 1 atom stereocenters. The molecule has 5 aromatic rings. The minimum absolute atomic E-state index is 0.355. The lowest BCUT2D eigenvalue weighted by Crippen LogP contribution is -2.35. The quantitative estimate of drug-likeness (QED) is 0.372. The largest absolute Gasteiger partial charge is 0.425 e. The van der Waals surface area contributed by atoms with E-state index in [0.717, 1.165) is 49.4 Å². The standard InChI is InChI=1S/C27H26N6O3/c1-17(32-26-23-25(29-15-28-23)30-16-31-26)24-22(20-4-2-3-5-21(20)27(34)36-24)19-8-6-18(7-9-19)14-33-10-12-35-13-11-33/h2-9,15-17H,10-14H2,1H3,(H2,28,29,30,31,32). The number of morpholine rings is 1. The Bertz CT molecular complexity index is 1570. The maximum absolute atomic E-state index is 12.9. The fraction of sp³-hybridized carbons (Fsp3) is 0.259. The molecular formula is C27H26N6O3. The van der Waals surface area contributed by atoms with Gasteiger partial charge in [-0.3, -0.25) is 4.90 Å². The monoisotopic (exact) mass is 482 g/mol. The molecule has 2 N–H and O–H groups in total. The van der Waals surface area contributed by atoms with Crippen molar-refractivity contribution in [2.24, 2.45) is 0 Å². The van der Waals surface area contributed by atoms with Gasteiger partial charge in [0.2, 0.25) is 0 Å². The number of hydrogen-bond acceptors (Lipinski definition) is 8. The van der Waals surface area contributed by atoms with Crippen LogP contribution in [0.1, 0.15) is 24.3 Å². The molecule has 2 aromatic carbocycles. The van der Waals surface area contributed by atoms with Crippen molar-refractivity contribution in [2.75, 3.05) is 31.6 Å². The molecule has 1 saturated heterocycles. The molecular weight excluding hydrogens is 456 g/mol. The van der Waals surface area contributed by atoms with E-state index < -0.39 is 0 Å². The summed E-state index contributed by atoms with van der Waals surface area (Å²) in [6.45, 7) is 6.27. The minimum Gasteiger partial charge on any atom is -0.425 e. The van der Waals surface area contributed by atoms with Gasteiger partial charge in [-0.25, -0.2) is 19.7 Å². The first-order valence-corrected chi connectivity index (χ1v) is 12.0. The van der Waals surface area contributed by atoms with Crippen LogP contribution in [0, 0.1) is 0 Å². The third-order valence-electron chi connectivity index (χ3n) is 6.59. The van der Waals surface area contributed by atoms with E-state index >= 15 is 0 Å². The highest BCUT2D eigenvalue weighted by Gasteiger charge is 2.22. The van der Waals surface area contributed by atoms with Gasteiger partial charge in [0, 0.05) is 30.6 Å². The second kappa shape index (κ2) is 9.52. The zero-order valence-electron chi connectivity index (χ0n) is 19.9. The summed E-state index contributed by atoms with van der Waals surface area (Å²) in [6.07, 6.45) is 3.04. The van der Waals surface area contributed by atoms with Crippen LogP contribution in [-0.4, -0.2) is 51.1 Å². The first kappa shape index (κ1) is 22.4. The third-order valence-corrected chi connectivity index (χ3v) is 6.59. The van der Waals surface area contributed by atoms with E-state index in [2.05, 4.69) is 54.4 Å². The normalized spacial score (nSPS) is 15.4. The second-order valence-electron chi connectivity index (χ2n) is 8.95. The smallest absolute Gasteiger partial charge is 0.343 e. The number of anilines is 1. The number of benzene rings is 2. The second-order valence-corrected chi connectivity index (χ2v) is 8.95. The molecule has 9 nitrogen and oxygen atoms in total. The molecule has 0 aliphatic carbocycles. The van der Waals surface area contributed by atoms with Gasteiger partial charge in [0.1, 0.15) is 17.6 Å². The van der Waals surface area contributed by atoms with Crippen molar-refractivity contribution in [1.29, 1.82) is 0 Å². The summed E-state index contributed by atoms with van der Waals surface area (Å²) in [5, 5.41) is 4.79. The highest BCUT2D eigenvalue weighted by atomic mass is 16.5. The van der Waals surface area contributed by atoms with Crippen molar-refractivity contribution in [2.45, 2.75) is 19.5 Å². The topological polar surface area (TPSA) is 109 Å². The number of rotatable bonds is 6. The van der Waals surface area contributed by atoms with Gasteiger partial charge in [0.05, 0.1) is 31.0 Å². The lowest BCUT2D eigenvalue weighted by molar-refractivity contribution is 0.0342. The average Bonchev–Trinajstić information content (AvgIpc) is 3.40. The molecule has 0 amide bonds. The van der Waals surface area contributed by atoms with Gasteiger partial charge >= 0.3 is 5.63 Å². The number of nitrogens with zero attached hydrogens (tertiary/aromatic N) is 4. The average molecular weight is 483 g/mol. The fourth-order valence-corrected chi connectivity index (χ4v) is 4.76. The van der Waals surface area contributed by atoms with Crippen LogP contribution in [-0.2, 0) is 11.3 Å². The molecule has 182 valence electrons. The molecule has 0 bridgehead atoms. The van der Waals surface area contributed by atoms with Crippen molar-refractivity contribution in [3.05, 3.63) is 82.9 Å². The maximum Gasteiger partial charge on any atom is 0.343 e. The SMILES string of the molecule is CC(Nc1ncnc2nc[nH]c12)c1oc(=O)c2ccccc2c1-c1ccc(CN2CCOCC2)cc1. The van der Waals surface area contributed by atoms with Crippen LogP contribution in [0.3, 0.4) is 0 Å². The van der Waals surface area contributed by atoms with E-state index in [-0.39, 0.29) is 11.7 Å². The number of H-pyrrole nitrogens is 1. The number of nitrogens with one attached hydrogen (secondary N) is 2. The summed E-state index contributed by atoms with van der Waals surface area (Å²) in [5.41, 5.74) is 4.00. The van der Waals surface area contributed by atoms with Crippen LogP contribution >= 0.6 is 0 Å². The van der Waals surface area contributed by atoms with Crippen LogP contribution in [0.25, 0.3) is 33.1 Å². The molecule has 1 aliphatic heterocycles. The molecule has 0 saturated carbocycles. The van der Waals surface area contributed by atoms with Crippen LogP contribution < -0.4 is 10.9 Å². The summed E-state index contributed by atoms with van der Waals surface area (Å²) in [5.74, 6) is 1.14. The molecule has 1 fully saturated rings. The highest BCUT2D eigenvalue weighted by Crippen LogP contribution is 2.35. The number of ether oxygens (including phenoxy) is 1. The number of aromatic amines is 1. The Hall–Kier alpha value is -4.08. The number of imidazole rings is 1. The number of hydrogen-bond donors (Lipinski definition) is 2. The summed E-state index contributed by atoms with van der Waals surface area (Å²) >= 11 is 0. The highest BCUT2D eigenvalue weighted by molar-refractivity contribution is 5.97. The number of aromatic nitrogens is 4. The Morgan fingerprint density at radius 1 is 1.03 bits per heavy atom. The summed E-state index contributed by atoms with van der Waals surface area (Å²) in [6, 6.07) is 15.7. The van der Waals surface area contributed by atoms with Gasteiger partial charge in [-0.1, -0.05) is 42.5 Å². The maximum atomic E-state index is 12.9. The van der Waals surface area contributed by atoms with Crippen molar-refractivity contribution in [3.8, 4) is 11.1 Å². The van der Waals surface area contributed by atoms with Gasteiger partial charge in [-0.05, 0) is 24.1 Å². The molecule has 3 aromatic heterocycles. The molecule has 36 heavy (non-hydrogen) atoms. The Morgan fingerprint density at radius 3 is 2.61 bits per heavy atom. The first-order valence-electron chi connectivity index (χ1n) is 12.0. The zero-order chi connectivity index (χ0) is 24.5. The number of fused-ring (bicyclic) bond motifs is 2. The molecule has 6 rings (SSSR count). The molecule has 0 spiro atoms. The van der Waals surface area contributed by atoms with Crippen molar-refractivity contribution >= 4 is 27.8 Å². The Labute approximate surface area is 207 Å². The summed E-state index contributed by atoms with van der Waals surface area (Å²) in [7, 11) is 0. The van der Waals surface area contributed by atoms with Gasteiger partial charge in [0.15, 0.2) is 11.5 Å². The molecule has 1 aliphatic rings. The van der Waals surface area contributed by atoms with Gasteiger partial charge in [-0.2, -0.15) is 0 Å². The Morgan fingerprint density at radius 2 is 1.81 bits per heavy atom. The van der Waals surface area contributed by atoms with E-state index in [1.165, 1.54) is 11.9 Å². The molecule has 9 heteroatoms. The van der Waals surface area contributed by atoms with E-state index in [9.17, 15) is 4.79 Å². The van der Waals surface area contributed by atoms with Gasteiger partial charge in [0.25, 0.3) is 0 Å². The minimum atomic E-state index is -0.365. The first-order chi connectivity index (χ1) is 17.7. The fourth-order valence-electron chi connectivity index (χ4n) is 4.76. The lowest BCUT2D eigenvalue weighted by Gasteiger charge is -2.26. The molecule has 4 heterocycles. The van der Waals surface area contributed by atoms with E-state index in [1.54, 1.807) is 12.4 Å². The third kappa shape index (κ3) is 4.23. The Kier molecular flexibility index (Phi) is 5.92. The summed E-state index contributed by atoms with van der Waals surface area (Å²) in [4.78, 5) is 31.1. The van der Waals surface area contributed by atoms with Gasteiger partial charge < -0.3 is 19.5 Å². The van der Waals surface area contributed by atoms with Crippen LogP contribution in [0.15, 0.2) is 70.4 Å². The van der Waals surface area contributed by atoms with Gasteiger partial charge in [-0.15, -0.1) is 0 Å². The zero-order valence-corrected chi connectivity index (χ0v) is 19.9. The predicted octanol–water partition coefficient (Wildman–Crippen LogP) is 4.13. The Balaban J connectivity index is 1.40. The lowest BCUT2D eigenvalue weighted by atomic mass is 9.95. The predicted molar refractivity (Wildman–Crippen MR) is 138 cm³/mol. The van der Waals surface area contributed by atoms with E-state index in [4.69, 9.17) is 9.15 Å². The van der Waals surface area contributed by atoms with Crippen LogP contribution in [0.4, 0.5) is 5.82 Å². The van der Waals surface area contributed by atoms with Crippen molar-refractivity contribution in [1.82, 2.24) is 24.8 Å². The van der Waals surface area contributed by atoms with E-state index in [0.29, 0.717) is 28.1 Å². The van der Waals surface area contributed by atoms with Crippen LogP contribution in [0.2, 0.25) is 0 Å².